The number of hydrogen-bond donors (Lipinski definition) is 0. The summed E-state index contributed by atoms with van der Waals surface area (Å²) in [5.41, 5.74) is 0. The number of hydrogen-bond acceptors (Lipinski definition) is 2. The summed E-state index contributed by atoms with van der Waals surface area (Å²) in [5.74, 6) is 0. The highest BCUT2D eigenvalue weighted by Crippen LogP contribution is 2.24. The number of unbranched alkanes of at least 4 members (excludes halogenated alkanes) is 31. The highest BCUT2D eigenvalue weighted by Gasteiger charge is 2.24. The highest BCUT2D eigenvalue weighted by molar-refractivity contribution is 4.96. The molecule has 45 heavy (non-hydrogen) atoms. The first-order valence-corrected chi connectivity index (χ1v) is 21.5. The van der Waals surface area contributed by atoms with Crippen LogP contribution in [-0.4, -0.2) is 29.1 Å². The second-order valence-electron chi connectivity index (χ2n) is 15.0. The summed E-state index contributed by atoms with van der Waals surface area (Å²) in [7, 11) is 0. The molecule has 1 unspecified atom stereocenters. The molecule has 0 aromatic rings. The maximum Gasteiger partial charge on any atom is 0.101 e. The van der Waals surface area contributed by atoms with E-state index in [9.17, 15) is 0 Å². The first-order chi connectivity index (χ1) is 22.3. The molecule has 0 aromatic heterocycles. The topological polar surface area (TPSA) is 6.48 Å². The van der Waals surface area contributed by atoms with Crippen molar-refractivity contribution < 1.29 is 0 Å². The van der Waals surface area contributed by atoms with Crippen molar-refractivity contribution in [2.75, 3.05) is 13.1 Å². The Balaban J connectivity index is 1.99. The molecule has 0 N–H and O–H groups in total. The highest BCUT2D eigenvalue weighted by atomic mass is 15.4. The third-order valence-electron chi connectivity index (χ3n) is 10.6. The van der Waals surface area contributed by atoms with E-state index >= 15 is 0 Å². The predicted molar refractivity (Wildman–Crippen MR) is 205 cm³/mol. The monoisotopic (exact) mass is 631 g/mol. The van der Waals surface area contributed by atoms with E-state index in [-0.39, 0.29) is 0 Å². The summed E-state index contributed by atoms with van der Waals surface area (Å²) < 4.78 is 0. The molecule has 0 aliphatic carbocycles. The smallest absolute Gasteiger partial charge is 0.101 e. The molecule has 0 spiro atoms. The van der Waals surface area contributed by atoms with Crippen LogP contribution in [-0.2, 0) is 0 Å². The normalized spacial score (nSPS) is 14.8. The zero-order chi connectivity index (χ0) is 32.3. The molecule has 0 fully saturated rings. The molecular weight excluding hydrogens is 544 g/mol. The Morgan fingerprint density at radius 3 is 0.844 bits per heavy atom. The van der Waals surface area contributed by atoms with Crippen molar-refractivity contribution in [3.63, 3.8) is 0 Å². The van der Waals surface area contributed by atoms with Gasteiger partial charge in [-0.05, 0) is 25.7 Å². The van der Waals surface area contributed by atoms with Crippen molar-refractivity contribution in [1.29, 1.82) is 0 Å². The first kappa shape index (κ1) is 42.4. The maximum absolute atomic E-state index is 2.70. The zero-order valence-corrected chi connectivity index (χ0v) is 31.8. The summed E-state index contributed by atoms with van der Waals surface area (Å²) in [6.45, 7) is 9.46. The van der Waals surface area contributed by atoms with E-state index in [0.29, 0.717) is 6.17 Å². The van der Waals surface area contributed by atoms with Crippen LogP contribution in [0.4, 0.5) is 0 Å². The van der Waals surface area contributed by atoms with Gasteiger partial charge in [0, 0.05) is 25.5 Å². The first-order valence-electron chi connectivity index (χ1n) is 21.5. The number of nitrogens with zero attached hydrogens (tertiary/aromatic N) is 2. The molecule has 1 heterocycles. The predicted octanol–water partition coefficient (Wildman–Crippen LogP) is 15.1. The Labute approximate surface area is 286 Å². The van der Waals surface area contributed by atoms with Gasteiger partial charge in [-0.2, -0.15) is 0 Å². The molecule has 1 rings (SSSR count). The quantitative estimate of drug-likeness (QED) is 0.0630. The van der Waals surface area contributed by atoms with Crippen molar-refractivity contribution >= 4 is 0 Å². The molecule has 1 aliphatic heterocycles. The van der Waals surface area contributed by atoms with Crippen molar-refractivity contribution in [3.8, 4) is 0 Å². The molecule has 0 radical (unpaired) electrons. The van der Waals surface area contributed by atoms with Gasteiger partial charge in [0.2, 0.25) is 0 Å². The molecule has 268 valence electrons. The minimum Gasteiger partial charge on any atom is -0.356 e. The zero-order valence-electron chi connectivity index (χ0n) is 31.8. The summed E-state index contributed by atoms with van der Waals surface area (Å²) >= 11 is 0. The Morgan fingerprint density at radius 1 is 0.289 bits per heavy atom. The van der Waals surface area contributed by atoms with E-state index in [1.165, 1.54) is 238 Å². The van der Waals surface area contributed by atoms with Gasteiger partial charge in [-0.3, -0.25) is 0 Å². The minimum atomic E-state index is 0.639. The van der Waals surface area contributed by atoms with Crippen LogP contribution in [0.3, 0.4) is 0 Å². The number of rotatable bonds is 37. The van der Waals surface area contributed by atoms with Gasteiger partial charge < -0.3 is 9.80 Å². The van der Waals surface area contributed by atoms with E-state index in [1.807, 2.05) is 0 Å². The van der Waals surface area contributed by atoms with E-state index in [1.54, 1.807) is 0 Å². The summed E-state index contributed by atoms with van der Waals surface area (Å²) in [4.78, 5) is 5.37. The molecule has 0 amide bonds. The van der Waals surface area contributed by atoms with Gasteiger partial charge in [0.15, 0.2) is 0 Å². The lowest BCUT2D eigenvalue weighted by Gasteiger charge is -2.33. The Morgan fingerprint density at radius 2 is 0.533 bits per heavy atom. The van der Waals surface area contributed by atoms with Crippen molar-refractivity contribution in [3.05, 3.63) is 12.4 Å². The Hall–Kier alpha value is -0.660. The second kappa shape index (κ2) is 34.7. The third kappa shape index (κ3) is 27.0. The fourth-order valence-electron chi connectivity index (χ4n) is 7.40. The fourth-order valence-corrected chi connectivity index (χ4v) is 7.40. The molecule has 0 saturated carbocycles. The van der Waals surface area contributed by atoms with Gasteiger partial charge in [-0.15, -0.1) is 0 Å². The molecule has 0 aromatic carbocycles. The van der Waals surface area contributed by atoms with Crippen LogP contribution in [0, 0.1) is 0 Å². The second-order valence-corrected chi connectivity index (χ2v) is 15.0. The summed E-state index contributed by atoms with van der Waals surface area (Å²) in [6.07, 6.45) is 56.0. The lowest BCUT2D eigenvalue weighted by atomic mass is 10.0. The van der Waals surface area contributed by atoms with Crippen molar-refractivity contribution in [2.24, 2.45) is 0 Å². The van der Waals surface area contributed by atoms with Gasteiger partial charge in [0.1, 0.15) is 6.17 Å². The average Bonchev–Trinajstić information content (AvgIpc) is 3.44. The molecule has 1 aliphatic rings. The molecule has 0 saturated heterocycles. The molecule has 2 nitrogen and oxygen atoms in total. The van der Waals surface area contributed by atoms with Gasteiger partial charge in [-0.25, -0.2) is 0 Å². The maximum atomic E-state index is 2.70. The summed E-state index contributed by atoms with van der Waals surface area (Å²) in [6, 6.07) is 0. The standard InChI is InChI=1S/C43H86N2/c1-4-7-10-12-14-16-18-20-22-23-25-27-29-31-33-35-37-40-45-42-41-44(39-9-6-3)43(45)38-36-34-32-30-28-26-24-21-19-17-15-13-11-8-5-2/h41-43H,4-40H2,1-3H3. The lowest BCUT2D eigenvalue weighted by Crippen LogP contribution is -2.39. The van der Waals surface area contributed by atoms with Crippen LogP contribution >= 0.6 is 0 Å². The van der Waals surface area contributed by atoms with Crippen molar-refractivity contribution in [2.45, 2.75) is 252 Å². The lowest BCUT2D eigenvalue weighted by molar-refractivity contribution is 0.136. The van der Waals surface area contributed by atoms with Crippen molar-refractivity contribution in [1.82, 2.24) is 9.80 Å². The Bertz CT molecular complexity index is 586. The van der Waals surface area contributed by atoms with Crippen LogP contribution in [0.1, 0.15) is 245 Å². The van der Waals surface area contributed by atoms with E-state index < -0.39 is 0 Å². The SMILES string of the molecule is CCCCCCCCCCCCCCCCCCCN1C=CN(CCCC)C1CCCCCCCCCCCCCCCCC. The summed E-state index contributed by atoms with van der Waals surface area (Å²) in [5, 5.41) is 0. The Kier molecular flexibility index (Phi) is 32.6. The van der Waals surface area contributed by atoms with Crippen LogP contribution < -0.4 is 0 Å². The molecule has 2 heteroatoms. The molecular formula is C43H86N2. The van der Waals surface area contributed by atoms with Gasteiger partial charge in [0.25, 0.3) is 0 Å². The van der Waals surface area contributed by atoms with Crippen LogP contribution in [0.2, 0.25) is 0 Å². The van der Waals surface area contributed by atoms with E-state index in [2.05, 4.69) is 43.0 Å². The van der Waals surface area contributed by atoms with Gasteiger partial charge >= 0.3 is 0 Å². The van der Waals surface area contributed by atoms with E-state index in [4.69, 9.17) is 0 Å². The average molecular weight is 631 g/mol. The van der Waals surface area contributed by atoms with Crippen LogP contribution in [0.25, 0.3) is 0 Å². The van der Waals surface area contributed by atoms with Gasteiger partial charge in [0.05, 0.1) is 0 Å². The fraction of sp³-hybridized carbons (Fsp3) is 0.953. The molecule has 0 bridgehead atoms. The largest absolute Gasteiger partial charge is 0.356 e. The van der Waals surface area contributed by atoms with E-state index in [0.717, 1.165) is 0 Å². The molecule has 1 atom stereocenters. The minimum absolute atomic E-state index is 0.639. The third-order valence-corrected chi connectivity index (χ3v) is 10.6. The van der Waals surface area contributed by atoms with Gasteiger partial charge in [-0.1, -0.05) is 220 Å². The van der Waals surface area contributed by atoms with Crippen LogP contribution in [0.15, 0.2) is 12.4 Å². The van der Waals surface area contributed by atoms with Crippen LogP contribution in [0.5, 0.6) is 0 Å².